The van der Waals surface area contributed by atoms with Crippen LogP contribution in [0.3, 0.4) is 0 Å². The van der Waals surface area contributed by atoms with Gasteiger partial charge in [-0.15, -0.1) is 0 Å². The lowest BCUT2D eigenvalue weighted by Crippen LogP contribution is -2.26. The topological polar surface area (TPSA) is 108 Å². The van der Waals surface area contributed by atoms with Crippen LogP contribution in [0.1, 0.15) is 50.2 Å². The van der Waals surface area contributed by atoms with Gasteiger partial charge in [0, 0.05) is 29.3 Å². The molecule has 0 spiro atoms. The van der Waals surface area contributed by atoms with Gasteiger partial charge >= 0.3 is 0 Å². The summed E-state index contributed by atoms with van der Waals surface area (Å²) < 4.78 is 27.2. The van der Waals surface area contributed by atoms with Crippen LogP contribution in [-0.4, -0.2) is 29.0 Å². The first kappa shape index (κ1) is 24.7. The highest BCUT2D eigenvalue weighted by Gasteiger charge is 2.25. The highest BCUT2D eigenvalue weighted by Crippen LogP contribution is 2.24. The summed E-state index contributed by atoms with van der Waals surface area (Å²) in [7, 11) is 0. The second-order valence-electron chi connectivity index (χ2n) is 8.38. The summed E-state index contributed by atoms with van der Waals surface area (Å²) >= 11 is 0. The van der Waals surface area contributed by atoms with Crippen molar-refractivity contribution in [3.8, 4) is 0 Å². The molecule has 0 radical (unpaired) electrons. The lowest BCUT2D eigenvalue weighted by atomic mass is 10.0. The Hall–Kier alpha value is -4.37. The molecule has 0 atom stereocenters. The van der Waals surface area contributed by atoms with E-state index in [1.165, 1.54) is 18.2 Å². The third-order valence-corrected chi connectivity index (χ3v) is 5.64. The van der Waals surface area contributed by atoms with Crippen molar-refractivity contribution in [1.29, 1.82) is 0 Å². The molecular formula is C27H23F2N3O4. The molecule has 1 saturated carbocycles. The molecule has 0 aromatic heterocycles. The number of halogens is 2. The van der Waals surface area contributed by atoms with Crippen LogP contribution in [0.2, 0.25) is 0 Å². The maximum absolute atomic E-state index is 13.8. The average molecular weight is 491 g/mol. The van der Waals surface area contributed by atoms with Gasteiger partial charge in [0.1, 0.15) is 0 Å². The summed E-state index contributed by atoms with van der Waals surface area (Å²) in [5.74, 6) is -3.38. The highest BCUT2D eigenvalue weighted by atomic mass is 19.2. The van der Waals surface area contributed by atoms with E-state index in [4.69, 9.17) is 5.21 Å². The normalized spacial score (nSPS) is 13.1. The van der Waals surface area contributed by atoms with Gasteiger partial charge < -0.3 is 10.6 Å². The van der Waals surface area contributed by atoms with Crippen LogP contribution in [0.15, 0.2) is 66.7 Å². The van der Waals surface area contributed by atoms with E-state index in [0.29, 0.717) is 11.1 Å². The third kappa shape index (κ3) is 6.19. The van der Waals surface area contributed by atoms with E-state index in [-0.39, 0.29) is 41.1 Å². The number of hydroxylamine groups is 1. The molecule has 1 aliphatic rings. The molecule has 0 saturated heterocycles. The van der Waals surface area contributed by atoms with Crippen molar-refractivity contribution in [2.75, 3.05) is 0 Å². The first-order chi connectivity index (χ1) is 17.3. The van der Waals surface area contributed by atoms with Gasteiger partial charge in [-0.1, -0.05) is 30.3 Å². The fraction of sp³-hybridized carbons (Fsp3) is 0.148. The van der Waals surface area contributed by atoms with E-state index in [2.05, 4.69) is 10.6 Å². The molecule has 36 heavy (non-hydrogen) atoms. The van der Waals surface area contributed by atoms with Crippen molar-refractivity contribution >= 4 is 29.4 Å². The van der Waals surface area contributed by atoms with Gasteiger partial charge in [-0.25, -0.2) is 14.3 Å². The van der Waals surface area contributed by atoms with Gasteiger partial charge in [0.05, 0.1) is 0 Å². The summed E-state index contributed by atoms with van der Waals surface area (Å²) in [6.45, 7) is 0.225. The molecule has 0 aliphatic heterocycles. The predicted octanol–water partition coefficient (Wildman–Crippen LogP) is 3.83. The smallest absolute Gasteiger partial charge is 0.274 e. The van der Waals surface area contributed by atoms with E-state index >= 15 is 0 Å². The van der Waals surface area contributed by atoms with Crippen LogP contribution in [0, 0.1) is 11.6 Å². The van der Waals surface area contributed by atoms with E-state index in [0.717, 1.165) is 30.5 Å². The van der Waals surface area contributed by atoms with Crippen LogP contribution in [0.25, 0.3) is 11.6 Å². The molecule has 9 heteroatoms. The fourth-order valence-corrected chi connectivity index (χ4v) is 3.45. The molecule has 0 bridgehead atoms. The number of amides is 3. The van der Waals surface area contributed by atoms with Gasteiger partial charge in [0.2, 0.25) is 0 Å². The molecule has 3 aromatic carbocycles. The van der Waals surface area contributed by atoms with Crippen LogP contribution < -0.4 is 16.1 Å². The van der Waals surface area contributed by atoms with E-state index in [1.54, 1.807) is 48.0 Å². The zero-order valence-electron chi connectivity index (χ0n) is 19.1. The Morgan fingerprint density at radius 3 is 2.06 bits per heavy atom. The Morgan fingerprint density at radius 2 is 1.44 bits per heavy atom. The van der Waals surface area contributed by atoms with Gasteiger partial charge in [0.15, 0.2) is 11.6 Å². The summed E-state index contributed by atoms with van der Waals surface area (Å²) in [5, 5.41) is 14.3. The largest absolute Gasteiger partial charge is 0.349 e. The minimum absolute atomic E-state index is 0.0836. The number of carbonyl (C=O) groups is 3. The molecule has 184 valence electrons. The van der Waals surface area contributed by atoms with E-state index in [1.807, 2.05) is 0 Å². The standard InChI is InChI=1S/C27H23F2N3O4/c28-23-12-9-20(14-24(23)29)22(27(35)31-21-10-11-21)13-16-1-5-18(6-2-16)25(33)30-15-17-3-7-19(8-4-17)26(34)32-36/h1-9,12-14,21,36H,10-11,15H2,(H,30,33)(H,31,35)(H,32,34). The molecule has 3 amide bonds. The SMILES string of the molecule is O=C(NC1CC1)C(=Cc1ccc(C(=O)NCc2ccc(C(=O)NO)cc2)cc1)c1ccc(F)c(F)c1. The molecule has 0 heterocycles. The van der Waals surface area contributed by atoms with Crippen molar-refractivity contribution < 1.29 is 28.4 Å². The average Bonchev–Trinajstić information content (AvgIpc) is 3.71. The van der Waals surface area contributed by atoms with E-state index < -0.39 is 17.5 Å². The predicted molar refractivity (Wildman–Crippen MR) is 129 cm³/mol. The summed E-state index contributed by atoms with van der Waals surface area (Å²) in [5.41, 5.74) is 4.03. The second-order valence-corrected chi connectivity index (χ2v) is 8.38. The van der Waals surface area contributed by atoms with E-state index in [9.17, 15) is 23.2 Å². The molecule has 3 aromatic rings. The number of rotatable bonds is 8. The van der Waals surface area contributed by atoms with Crippen molar-refractivity contribution in [2.45, 2.75) is 25.4 Å². The fourth-order valence-electron chi connectivity index (χ4n) is 3.45. The molecule has 1 aliphatic carbocycles. The first-order valence-corrected chi connectivity index (χ1v) is 11.2. The van der Waals surface area contributed by atoms with Crippen molar-refractivity contribution in [2.24, 2.45) is 0 Å². The van der Waals surface area contributed by atoms with Crippen molar-refractivity contribution in [1.82, 2.24) is 16.1 Å². The lowest BCUT2D eigenvalue weighted by Gasteiger charge is -2.10. The van der Waals surface area contributed by atoms with Gasteiger partial charge in [-0.05, 0) is 72.0 Å². The third-order valence-electron chi connectivity index (χ3n) is 5.64. The minimum Gasteiger partial charge on any atom is -0.349 e. The summed E-state index contributed by atoms with van der Waals surface area (Å²) in [6, 6.07) is 16.3. The molecule has 0 unspecified atom stereocenters. The number of hydrogen-bond donors (Lipinski definition) is 4. The maximum atomic E-state index is 13.8. The van der Waals surface area contributed by atoms with Crippen LogP contribution in [0.5, 0.6) is 0 Å². The number of nitrogens with one attached hydrogen (secondary N) is 3. The number of hydrogen-bond acceptors (Lipinski definition) is 4. The summed E-state index contributed by atoms with van der Waals surface area (Å²) in [6.07, 6.45) is 3.32. The van der Waals surface area contributed by atoms with Gasteiger partial charge in [-0.2, -0.15) is 0 Å². The monoisotopic (exact) mass is 491 g/mol. The zero-order valence-corrected chi connectivity index (χ0v) is 19.1. The van der Waals surface area contributed by atoms with Crippen molar-refractivity contribution in [3.05, 3.63) is 106 Å². The van der Waals surface area contributed by atoms with Crippen molar-refractivity contribution in [3.63, 3.8) is 0 Å². The quantitative estimate of drug-likeness (QED) is 0.166. The van der Waals surface area contributed by atoms with Gasteiger partial charge in [0.25, 0.3) is 17.7 Å². The molecule has 4 N–H and O–H groups in total. The molecule has 7 nitrogen and oxygen atoms in total. The first-order valence-electron chi connectivity index (χ1n) is 11.2. The summed E-state index contributed by atoms with van der Waals surface area (Å²) in [4.78, 5) is 36.7. The number of carbonyl (C=O) groups excluding carboxylic acids is 3. The Bertz CT molecular complexity index is 1320. The Labute approximate surface area is 205 Å². The zero-order chi connectivity index (χ0) is 25.7. The Balaban J connectivity index is 1.46. The van der Waals surface area contributed by atoms with Crippen LogP contribution in [0.4, 0.5) is 8.78 Å². The molecule has 1 fully saturated rings. The Kier molecular flexibility index (Phi) is 7.50. The maximum Gasteiger partial charge on any atom is 0.274 e. The minimum atomic E-state index is -1.05. The number of benzene rings is 3. The van der Waals surface area contributed by atoms with Gasteiger partial charge in [-0.3, -0.25) is 19.6 Å². The molecular weight excluding hydrogens is 468 g/mol. The lowest BCUT2D eigenvalue weighted by molar-refractivity contribution is -0.115. The second kappa shape index (κ2) is 10.9. The molecule has 4 rings (SSSR count). The highest BCUT2D eigenvalue weighted by molar-refractivity contribution is 6.24. The van der Waals surface area contributed by atoms with Crippen LogP contribution >= 0.6 is 0 Å². The van der Waals surface area contributed by atoms with Crippen LogP contribution in [-0.2, 0) is 11.3 Å². The Morgan fingerprint density at radius 1 is 0.833 bits per heavy atom.